The van der Waals surface area contributed by atoms with Gasteiger partial charge in [-0.2, -0.15) is 5.48 Å². The molecular formula is C18H23NO2. The van der Waals surface area contributed by atoms with Crippen molar-refractivity contribution in [3.8, 4) is 5.75 Å². The molecule has 2 aromatic rings. The molecule has 0 aliphatic carbocycles. The molecule has 21 heavy (non-hydrogen) atoms. The van der Waals surface area contributed by atoms with Crippen molar-refractivity contribution in [1.82, 2.24) is 5.48 Å². The lowest BCUT2D eigenvalue weighted by atomic mass is 9.99. The first kappa shape index (κ1) is 15.5. The van der Waals surface area contributed by atoms with E-state index < -0.39 is 0 Å². The zero-order valence-electron chi connectivity index (χ0n) is 13.1. The second-order valence-corrected chi connectivity index (χ2v) is 5.95. The Morgan fingerprint density at radius 1 is 0.857 bits per heavy atom. The Kier molecular flexibility index (Phi) is 4.99. The maximum Gasteiger partial charge on any atom is 0.118 e. The summed E-state index contributed by atoms with van der Waals surface area (Å²) in [5.41, 5.74) is 5.23. The summed E-state index contributed by atoms with van der Waals surface area (Å²) in [5, 5.41) is 0. The predicted octanol–water partition coefficient (Wildman–Crippen LogP) is 4.10. The predicted molar refractivity (Wildman–Crippen MR) is 85.3 cm³/mol. The maximum absolute atomic E-state index is 5.78. The highest BCUT2D eigenvalue weighted by Gasteiger charge is 2.18. The third kappa shape index (κ3) is 4.59. The number of nitrogens with one attached hydrogen (secondary N) is 1. The van der Waals surface area contributed by atoms with Gasteiger partial charge < -0.3 is 4.74 Å². The van der Waals surface area contributed by atoms with E-state index in [-0.39, 0.29) is 11.6 Å². The van der Waals surface area contributed by atoms with Crippen molar-refractivity contribution in [3.05, 3.63) is 65.7 Å². The Morgan fingerprint density at radius 3 is 1.95 bits per heavy atom. The normalized spacial score (nSPS) is 13.0. The molecule has 0 aromatic heterocycles. The first-order valence-electron chi connectivity index (χ1n) is 7.12. The lowest BCUT2D eigenvalue weighted by Gasteiger charge is -2.26. The highest BCUT2D eigenvalue weighted by Crippen LogP contribution is 2.25. The number of ether oxygens (including phenoxy) is 1. The summed E-state index contributed by atoms with van der Waals surface area (Å²) >= 11 is 0. The van der Waals surface area contributed by atoms with Crippen molar-refractivity contribution in [2.45, 2.75) is 32.4 Å². The van der Waals surface area contributed by atoms with Crippen LogP contribution >= 0.6 is 0 Å². The molecule has 3 heteroatoms. The quantitative estimate of drug-likeness (QED) is 0.839. The molecule has 0 heterocycles. The van der Waals surface area contributed by atoms with Crippen LogP contribution in [0.25, 0.3) is 0 Å². The van der Waals surface area contributed by atoms with E-state index in [2.05, 4.69) is 29.7 Å². The Morgan fingerprint density at radius 2 is 1.43 bits per heavy atom. The molecule has 1 unspecified atom stereocenters. The van der Waals surface area contributed by atoms with Gasteiger partial charge in [-0.25, -0.2) is 0 Å². The van der Waals surface area contributed by atoms with Crippen molar-refractivity contribution in [2.75, 3.05) is 7.11 Å². The number of hydroxylamine groups is 1. The van der Waals surface area contributed by atoms with Gasteiger partial charge in [-0.15, -0.1) is 0 Å². The minimum atomic E-state index is -0.250. The second-order valence-electron chi connectivity index (χ2n) is 5.95. The van der Waals surface area contributed by atoms with Gasteiger partial charge >= 0.3 is 0 Å². The van der Waals surface area contributed by atoms with E-state index in [1.807, 2.05) is 51.1 Å². The van der Waals surface area contributed by atoms with E-state index in [4.69, 9.17) is 9.57 Å². The molecule has 2 rings (SSSR count). The van der Waals surface area contributed by atoms with Crippen LogP contribution in [0.4, 0.5) is 0 Å². The van der Waals surface area contributed by atoms with Gasteiger partial charge in [0.1, 0.15) is 5.75 Å². The standard InChI is InChI=1S/C18H23NO2/c1-18(2,3)21-19-17(14-8-6-5-7-9-14)15-10-12-16(20-4)13-11-15/h5-13,17,19H,1-4H3. The summed E-state index contributed by atoms with van der Waals surface area (Å²) in [7, 11) is 1.67. The molecule has 0 spiro atoms. The van der Waals surface area contributed by atoms with Crippen molar-refractivity contribution in [2.24, 2.45) is 0 Å². The van der Waals surface area contributed by atoms with E-state index in [9.17, 15) is 0 Å². The van der Waals surface area contributed by atoms with Gasteiger partial charge in [0.2, 0.25) is 0 Å². The molecule has 0 fully saturated rings. The van der Waals surface area contributed by atoms with Crippen LogP contribution in [-0.4, -0.2) is 12.7 Å². The fourth-order valence-electron chi connectivity index (χ4n) is 2.01. The first-order chi connectivity index (χ1) is 9.99. The van der Waals surface area contributed by atoms with Gasteiger partial charge in [0.15, 0.2) is 0 Å². The van der Waals surface area contributed by atoms with Crippen LogP contribution in [0.2, 0.25) is 0 Å². The number of methoxy groups -OCH3 is 1. The van der Waals surface area contributed by atoms with Gasteiger partial charge in [-0.3, -0.25) is 4.84 Å². The molecule has 3 nitrogen and oxygen atoms in total. The van der Waals surface area contributed by atoms with Gasteiger partial charge in [0.25, 0.3) is 0 Å². The first-order valence-corrected chi connectivity index (χ1v) is 7.12. The van der Waals surface area contributed by atoms with Crippen molar-refractivity contribution in [3.63, 3.8) is 0 Å². The molecule has 112 valence electrons. The third-order valence-electron chi connectivity index (χ3n) is 3.07. The second kappa shape index (κ2) is 6.74. The topological polar surface area (TPSA) is 30.5 Å². The van der Waals surface area contributed by atoms with Crippen LogP contribution in [0.1, 0.15) is 37.9 Å². The maximum atomic E-state index is 5.78. The Labute approximate surface area is 126 Å². The van der Waals surface area contributed by atoms with E-state index >= 15 is 0 Å². The Balaban J connectivity index is 2.26. The average Bonchev–Trinajstić information content (AvgIpc) is 2.48. The molecule has 0 saturated carbocycles. The van der Waals surface area contributed by atoms with E-state index in [0.717, 1.165) is 16.9 Å². The monoisotopic (exact) mass is 285 g/mol. The van der Waals surface area contributed by atoms with Gasteiger partial charge in [-0.1, -0.05) is 42.5 Å². The van der Waals surface area contributed by atoms with Gasteiger partial charge in [0, 0.05) is 0 Å². The van der Waals surface area contributed by atoms with Gasteiger partial charge in [0.05, 0.1) is 18.8 Å². The molecule has 0 aliphatic heterocycles. The molecule has 1 atom stereocenters. The molecule has 0 saturated heterocycles. The van der Waals surface area contributed by atoms with Crippen LogP contribution in [-0.2, 0) is 4.84 Å². The molecular weight excluding hydrogens is 262 g/mol. The summed E-state index contributed by atoms with van der Waals surface area (Å²) in [6.07, 6.45) is 0. The summed E-state index contributed by atoms with van der Waals surface area (Å²) in [4.78, 5) is 5.78. The van der Waals surface area contributed by atoms with Crippen LogP contribution in [0, 0.1) is 0 Å². The lowest BCUT2D eigenvalue weighted by Crippen LogP contribution is -2.32. The largest absolute Gasteiger partial charge is 0.497 e. The molecule has 2 aromatic carbocycles. The molecule has 0 aliphatic rings. The van der Waals surface area contributed by atoms with Gasteiger partial charge in [-0.05, 0) is 44.0 Å². The highest BCUT2D eigenvalue weighted by molar-refractivity contribution is 5.35. The summed E-state index contributed by atoms with van der Waals surface area (Å²) < 4.78 is 5.22. The molecule has 0 bridgehead atoms. The lowest BCUT2D eigenvalue weighted by molar-refractivity contribution is -0.0836. The average molecular weight is 285 g/mol. The molecule has 0 amide bonds. The van der Waals surface area contributed by atoms with Crippen LogP contribution in [0.15, 0.2) is 54.6 Å². The summed E-state index contributed by atoms with van der Waals surface area (Å²) in [5.74, 6) is 0.849. The molecule has 0 radical (unpaired) electrons. The fraction of sp³-hybridized carbons (Fsp3) is 0.333. The number of hydrogen-bond acceptors (Lipinski definition) is 3. The summed E-state index contributed by atoms with van der Waals surface area (Å²) in [6.45, 7) is 6.07. The third-order valence-corrected chi connectivity index (χ3v) is 3.07. The van der Waals surface area contributed by atoms with Crippen molar-refractivity contribution in [1.29, 1.82) is 0 Å². The highest BCUT2D eigenvalue weighted by atomic mass is 16.7. The van der Waals surface area contributed by atoms with E-state index in [0.29, 0.717) is 0 Å². The van der Waals surface area contributed by atoms with Crippen LogP contribution in [0.5, 0.6) is 5.75 Å². The fourth-order valence-corrected chi connectivity index (χ4v) is 2.01. The van der Waals surface area contributed by atoms with Crippen molar-refractivity contribution >= 4 is 0 Å². The van der Waals surface area contributed by atoms with E-state index in [1.165, 1.54) is 0 Å². The smallest absolute Gasteiger partial charge is 0.118 e. The Bertz CT molecular complexity index is 544. The van der Waals surface area contributed by atoms with E-state index in [1.54, 1.807) is 7.11 Å². The summed E-state index contributed by atoms with van der Waals surface area (Å²) in [6, 6.07) is 18.3. The van der Waals surface area contributed by atoms with Crippen LogP contribution in [0.3, 0.4) is 0 Å². The number of rotatable bonds is 5. The van der Waals surface area contributed by atoms with Crippen molar-refractivity contribution < 1.29 is 9.57 Å². The minimum absolute atomic E-state index is 0.0173. The SMILES string of the molecule is COc1ccc(C(NOC(C)(C)C)c2ccccc2)cc1. The Hall–Kier alpha value is -1.84. The zero-order chi connectivity index (χ0) is 15.3. The molecule has 1 N–H and O–H groups in total. The number of hydrogen-bond donors (Lipinski definition) is 1. The zero-order valence-corrected chi connectivity index (χ0v) is 13.1. The van der Waals surface area contributed by atoms with Crippen LogP contribution < -0.4 is 10.2 Å². The number of benzene rings is 2. The minimum Gasteiger partial charge on any atom is -0.497 e.